The number of rotatable bonds is 1. The molecule has 0 saturated heterocycles. The van der Waals surface area contributed by atoms with Crippen molar-refractivity contribution in [3.8, 4) is 0 Å². The van der Waals surface area contributed by atoms with Crippen molar-refractivity contribution in [2.45, 2.75) is 31.9 Å². The van der Waals surface area contributed by atoms with E-state index in [2.05, 4.69) is 0 Å². The first-order chi connectivity index (χ1) is 5.31. The number of hydrogen-bond donors (Lipinski definition) is 1. The van der Waals surface area contributed by atoms with Gasteiger partial charge in [0.25, 0.3) is 0 Å². The van der Waals surface area contributed by atoms with Gasteiger partial charge in [-0.05, 0) is 43.4 Å². The van der Waals surface area contributed by atoms with E-state index in [1.807, 2.05) is 0 Å². The van der Waals surface area contributed by atoms with Crippen LogP contribution in [-0.4, -0.2) is 17.9 Å². The van der Waals surface area contributed by atoms with Crippen LogP contribution in [0, 0.1) is 17.8 Å². The van der Waals surface area contributed by atoms with Gasteiger partial charge < -0.3 is 5.11 Å². The summed E-state index contributed by atoms with van der Waals surface area (Å²) in [5, 5.41) is 8.92. The van der Waals surface area contributed by atoms with E-state index >= 15 is 0 Å². The molecule has 2 aliphatic carbocycles. The quantitative estimate of drug-likeness (QED) is 0.616. The van der Waals surface area contributed by atoms with Gasteiger partial charge in [-0.15, -0.1) is 0 Å². The second-order valence-corrected chi connectivity index (χ2v) is 4.06. The highest BCUT2D eigenvalue weighted by Crippen LogP contribution is 2.46. The lowest BCUT2D eigenvalue weighted by Gasteiger charge is -2.29. The van der Waals surface area contributed by atoms with Gasteiger partial charge in [-0.2, -0.15) is 0 Å². The van der Waals surface area contributed by atoms with Crippen molar-refractivity contribution in [3.05, 3.63) is 0 Å². The second kappa shape index (κ2) is 2.74. The van der Waals surface area contributed by atoms with Crippen LogP contribution in [0.2, 0.25) is 0 Å². The molecule has 64 valence electrons. The highest BCUT2D eigenvalue weighted by atomic mass is 19.1. The largest absolute Gasteiger partial charge is 0.396 e. The van der Waals surface area contributed by atoms with E-state index < -0.39 is 6.17 Å². The minimum atomic E-state index is -0.544. The Balaban J connectivity index is 2.02. The van der Waals surface area contributed by atoms with Gasteiger partial charge in [-0.3, -0.25) is 0 Å². The molecule has 2 heteroatoms. The number of aliphatic hydroxyl groups is 1. The second-order valence-electron chi connectivity index (χ2n) is 4.06. The molecule has 1 nitrogen and oxygen atoms in total. The Labute approximate surface area is 66.6 Å². The Bertz CT molecular complexity index is 134. The molecule has 0 spiro atoms. The van der Waals surface area contributed by atoms with Crippen LogP contribution in [0.4, 0.5) is 4.39 Å². The predicted octanol–water partition coefficient (Wildman–Crippen LogP) is 1.75. The number of hydrogen-bond acceptors (Lipinski definition) is 1. The lowest BCUT2D eigenvalue weighted by atomic mass is 9.80. The molecule has 0 heterocycles. The fourth-order valence-corrected chi connectivity index (χ4v) is 2.73. The maximum Gasteiger partial charge on any atom is 0.106 e. The molecule has 2 bridgehead atoms. The minimum Gasteiger partial charge on any atom is -0.396 e. The summed E-state index contributed by atoms with van der Waals surface area (Å²) in [6, 6.07) is 0. The highest BCUT2D eigenvalue weighted by Gasteiger charge is 2.42. The van der Waals surface area contributed by atoms with E-state index in [9.17, 15) is 4.39 Å². The highest BCUT2D eigenvalue weighted by molar-refractivity contribution is 4.92. The third-order valence-electron chi connectivity index (χ3n) is 3.34. The van der Waals surface area contributed by atoms with Crippen molar-refractivity contribution in [2.24, 2.45) is 17.8 Å². The van der Waals surface area contributed by atoms with Crippen LogP contribution < -0.4 is 0 Å². The minimum absolute atomic E-state index is 0.264. The van der Waals surface area contributed by atoms with Gasteiger partial charge in [0.15, 0.2) is 0 Å². The summed E-state index contributed by atoms with van der Waals surface area (Å²) < 4.78 is 13.3. The molecule has 0 amide bonds. The molecule has 2 rings (SSSR count). The van der Waals surface area contributed by atoms with Crippen LogP contribution in [0.15, 0.2) is 0 Å². The average Bonchev–Trinajstić information content (AvgIpc) is 2.26. The summed E-state index contributed by atoms with van der Waals surface area (Å²) in [6.07, 6.45) is 3.42. The standard InChI is InChI=1S/C9H15FO/c10-9-7-1-2-8(9)4-6(3-7)5-11/h6-9,11H,1-5H2. The number of halogens is 1. The number of aliphatic hydroxyl groups excluding tert-OH is 1. The van der Waals surface area contributed by atoms with Crippen LogP contribution in [0.5, 0.6) is 0 Å². The molecule has 2 aliphatic rings. The molecular weight excluding hydrogens is 143 g/mol. The molecule has 0 radical (unpaired) electrons. The molecule has 11 heavy (non-hydrogen) atoms. The number of fused-ring (bicyclic) bond motifs is 2. The van der Waals surface area contributed by atoms with E-state index in [1.54, 1.807) is 0 Å². The summed E-state index contributed by atoms with van der Waals surface area (Å²) in [4.78, 5) is 0. The number of alkyl halides is 1. The molecule has 2 saturated carbocycles. The van der Waals surface area contributed by atoms with E-state index in [4.69, 9.17) is 5.11 Å². The van der Waals surface area contributed by atoms with Crippen molar-refractivity contribution in [1.29, 1.82) is 0 Å². The van der Waals surface area contributed by atoms with E-state index in [-0.39, 0.29) is 18.4 Å². The van der Waals surface area contributed by atoms with Crippen LogP contribution >= 0.6 is 0 Å². The van der Waals surface area contributed by atoms with Gasteiger partial charge >= 0.3 is 0 Å². The first kappa shape index (κ1) is 7.53. The third kappa shape index (κ3) is 1.18. The van der Waals surface area contributed by atoms with Crippen molar-refractivity contribution in [2.75, 3.05) is 6.61 Å². The lowest BCUT2D eigenvalue weighted by Crippen LogP contribution is -2.28. The first-order valence-electron chi connectivity index (χ1n) is 4.56. The average molecular weight is 158 g/mol. The Morgan fingerprint density at radius 2 is 1.73 bits per heavy atom. The van der Waals surface area contributed by atoms with Gasteiger partial charge in [-0.1, -0.05) is 0 Å². The summed E-state index contributed by atoms with van der Waals surface area (Å²) >= 11 is 0. The van der Waals surface area contributed by atoms with Gasteiger partial charge in [0, 0.05) is 6.61 Å². The van der Waals surface area contributed by atoms with Crippen molar-refractivity contribution >= 4 is 0 Å². The van der Waals surface area contributed by atoms with Crippen molar-refractivity contribution in [1.82, 2.24) is 0 Å². The molecule has 0 aromatic carbocycles. The van der Waals surface area contributed by atoms with Crippen LogP contribution in [-0.2, 0) is 0 Å². The molecule has 1 N–H and O–H groups in total. The normalized spacial score (nSPS) is 49.6. The zero-order chi connectivity index (χ0) is 7.84. The van der Waals surface area contributed by atoms with Crippen molar-refractivity contribution in [3.63, 3.8) is 0 Å². The fourth-order valence-electron chi connectivity index (χ4n) is 2.73. The molecule has 2 fully saturated rings. The Hall–Kier alpha value is -0.110. The van der Waals surface area contributed by atoms with Gasteiger partial charge in [0.1, 0.15) is 6.17 Å². The zero-order valence-corrected chi connectivity index (χ0v) is 6.67. The van der Waals surface area contributed by atoms with Crippen LogP contribution in [0.25, 0.3) is 0 Å². The van der Waals surface area contributed by atoms with Crippen LogP contribution in [0.1, 0.15) is 25.7 Å². The van der Waals surface area contributed by atoms with Crippen LogP contribution in [0.3, 0.4) is 0 Å². The maximum absolute atomic E-state index is 13.3. The Kier molecular flexibility index (Phi) is 1.88. The van der Waals surface area contributed by atoms with E-state index in [0.717, 1.165) is 25.7 Å². The van der Waals surface area contributed by atoms with Crippen molar-refractivity contribution < 1.29 is 9.50 Å². The molecule has 0 aromatic rings. The molecular formula is C9H15FO. The zero-order valence-electron chi connectivity index (χ0n) is 6.67. The molecule has 2 atom stereocenters. The summed E-state index contributed by atoms with van der Waals surface area (Å²) in [5.74, 6) is 0.969. The summed E-state index contributed by atoms with van der Waals surface area (Å²) in [6.45, 7) is 0.264. The smallest absolute Gasteiger partial charge is 0.106 e. The predicted molar refractivity (Wildman–Crippen MR) is 40.9 cm³/mol. The summed E-state index contributed by atoms with van der Waals surface area (Å²) in [5.41, 5.74) is 0. The third-order valence-corrected chi connectivity index (χ3v) is 3.34. The van der Waals surface area contributed by atoms with Gasteiger partial charge in [0.2, 0.25) is 0 Å². The lowest BCUT2D eigenvalue weighted by molar-refractivity contribution is 0.0847. The van der Waals surface area contributed by atoms with E-state index in [1.165, 1.54) is 0 Å². The van der Waals surface area contributed by atoms with Gasteiger partial charge in [0.05, 0.1) is 0 Å². The maximum atomic E-state index is 13.3. The fraction of sp³-hybridized carbons (Fsp3) is 1.00. The summed E-state index contributed by atoms with van der Waals surface area (Å²) in [7, 11) is 0. The monoisotopic (exact) mass is 158 g/mol. The Morgan fingerprint density at radius 1 is 1.18 bits per heavy atom. The topological polar surface area (TPSA) is 20.2 Å². The van der Waals surface area contributed by atoms with E-state index in [0.29, 0.717) is 5.92 Å². The molecule has 0 aromatic heterocycles. The SMILES string of the molecule is OCC1CC2CCC(C1)C2F. The van der Waals surface area contributed by atoms with Gasteiger partial charge in [-0.25, -0.2) is 4.39 Å². The molecule has 0 aliphatic heterocycles. The first-order valence-corrected chi connectivity index (χ1v) is 4.56. The molecule has 2 unspecified atom stereocenters. The Morgan fingerprint density at radius 3 is 2.18 bits per heavy atom.